The largest absolute Gasteiger partial charge is 0.364 e. The van der Waals surface area contributed by atoms with Gasteiger partial charge in [0, 0.05) is 25.4 Å². The highest BCUT2D eigenvalue weighted by atomic mass is 16.2. The van der Waals surface area contributed by atoms with E-state index in [1.54, 1.807) is 11.9 Å². The Kier molecular flexibility index (Phi) is 2.82. The number of hydrogen-bond acceptors (Lipinski definition) is 2. The number of amides is 1. The van der Waals surface area contributed by atoms with Crippen molar-refractivity contribution in [3.63, 3.8) is 0 Å². The number of Topliss-reactive ketones (excluding diaryl/α,β-unsaturated/α-hetero) is 1. The van der Waals surface area contributed by atoms with Crippen LogP contribution >= 0.6 is 0 Å². The van der Waals surface area contributed by atoms with E-state index in [-0.39, 0.29) is 17.1 Å². The average molecular weight is 274 g/mol. The molecule has 0 aliphatic heterocycles. The molecule has 1 N–H and O–H groups in total. The molecule has 1 amide bonds. The molecule has 2 atom stereocenters. The summed E-state index contributed by atoms with van der Waals surface area (Å²) >= 11 is 0. The fourth-order valence-corrected chi connectivity index (χ4v) is 4.30. The lowest BCUT2D eigenvalue weighted by Crippen LogP contribution is -2.50. The van der Waals surface area contributed by atoms with E-state index >= 15 is 0 Å². The van der Waals surface area contributed by atoms with Crippen molar-refractivity contribution in [1.82, 2.24) is 9.88 Å². The first-order valence-electron chi connectivity index (χ1n) is 7.31. The standard InChI is InChI=1S/C16H22N2O2/c1-15(2)11-6-7-16(15,13(19)9-11)14(20)18(3)10-12-5-4-8-17-12/h4-5,8,11,17H,6-7,9-10H2,1-3H3/t11-,16+/m1/s1. The first-order valence-corrected chi connectivity index (χ1v) is 7.31. The topological polar surface area (TPSA) is 53.2 Å². The van der Waals surface area contributed by atoms with E-state index in [1.165, 1.54) is 0 Å². The minimum Gasteiger partial charge on any atom is -0.364 e. The summed E-state index contributed by atoms with van der Waals surface area (Å²) in [6.07, 6.45) is 4.15. The zero-order valence-corrected chi connectivity index (χ0v) is 12.4. The fourth-order valence-electron chi connectivity index (χ4n) is 4.30. The van der Waals surface area contributed by atoms with Crippen LogP contribution in [0, 0.1) is 16.7 Å². The summed E-state index contributed by atoms with van der Waals surface area (Å²) in [6.45, 7) is 4.72. The molecule has 20 heavy (non-hydrogen) atoms. The Morgan fingerprint density at radius 2 is 2.25 bits per heavy atom. The van der Waals surface area contributed by atoms with Crippen LogP contribution in [-0.2, 0) is 16.1 Å². The van der Waals surface area contributed by atoms with Gasteiger partial charge in [0.15, 0.2) is 0 Å². The molecule has 0 unspecified atom stereocenters. The predicted molar refractivity (Wildman–Crippen MR) is 75.8 cm³/mol. The molecule has 2 aliphatic carbocycles. The Hall–Kier alpha value is -1.58. The van der Waals surface area contributed by atoms with Gasteiger partial charge in [-0.3, -0.25) is 9.59 Å². The Balaban J connectivity index is 1.87. The first-order chi connectivity index (χ1) is 9.39. The number of H-pyrrole nitrogens is 1. The van der Waals surface area contributed by atoms with Gasteiger partial charge in [-0.05, 0) is 36.3 Å². The molecule has 0 spiro atoms. The van der Waals surface area contributed by atoms with Crippen LogP contribution in [0.2, 0.25) is 0 Å². The maximum Gasteiger partial charge on any atom is 0.236 e. The van der Waals surface area contributed by atoms with Gasteiger partial charge in [0.2, 0.25) is 5.91 Å². The Labute approximate surface area is 119 Å². The van der Waals surface area contributed by atoms with E-state index in [0.717, 1.165) is 18.5 Å². The molecular formula is C16H22N2O2. The van der Waals surface area contributed by atoms with E-state index < -0.39 is 5.41 Å². The molecule has 1 heterocycles. The van der Waals surface area contributed by atoms with Crippen LogP contribution in [0.1, 0.15) is 38.8 Å². The summed E-state index contributed by atoms with van der Waals surface area (Å²) in [4.78, 5) is 30.2. The van der Waals surface area contributed by atoms with Gasteiger partial charge in [0.05, 0.1) is 6.54 Å². The molecule has 4 heteroatoms. The lowest BCUT2D eigenvalue weighted by Gasteiger charge is -2.37. The van der Waals surface area contributed by atoms with Crippen molar-refractivity contribution >= 4 is 11.7 Å². The molecule has 2 saturated carbocycles. The minimum absolute atomic E-state index is 0.00194. The van der Waals surface area contributed by atoms with Crippen molar-refractivity contribution in [3.8, 4) is 0 Å². The average Bonchev–Trinajstić information content (AvgIpc) is 3.02. The zero-order valence-electron chi connectivity index (χ0n) is 12.4. The maximum absolute atomic E-state index is 13.0. The molecule has 0 saturated heterocycles. The monoisotopic (exact) mass is 274 g/mol. The van der Waals surface area contributed by atoms with Crippen LogP contribution in [0.5, 0.6) is 0 Å². The molecule has 0 radical (unpaired) electrons. The number of rotatable bonds is 3. The highest BCUT2D eigenvalue weighted by molar-refractivity contribution is 6.09. The summed E-state index contributed by atoms with van der Waals surface area (Å²) in [5, 5.41) is 0. The highest BCUT2D eigenvalue weighted by Crippen LogP contribution is 2.64. The van der Waals surface area contributed by atoms with Crippen LogP contribution in [0.25, 0.3) is 0 Å². The van der Waals surface area contributed by atoms with E-state index in [9.17, 15) is 9.59 Å². The van der Waals surface area contributed by atoms with E-state index in [0.29, 0.717) is 18.9 Å². The van der Waals surface area contributed by atoms with Crippen molar-refractivity contribution in [3.05, 3.63) is 24.0 Å². The number of ketones is 1. The third-order valence-corrected chi connectivity index (χ3v) is 5.68. The Morgan fingerprint density at radius 3 is 2.75 bits per heavy atom. The molecule has 108 valence electrons. The molecular weight excluding hydrogens is 252 g/mol. The lowest BCUT2D eigenvalue weighted by atomic mass is 9.68. The van der Waals surface area contributed by atoms with Gasteiger partial charge in [-0.1, -0.05) is 13.8 Å². The Morgan fingerprint density at radius 1 is 1.50 bits per heavy atom. The molecule has 0 aromatic carbocycles. The summed E-state index contributed by atoms with van der Waals surface area (Å²) in [5.74, 6) is 0.530. The highest BCUT2D eigenvalue weighted by Gasteiger charge is 2.68. The van der Waals surface area contributed by atoms with E-state index in [1.807, 2.05) is 18.3 Å². The van der Waals surface area contributed by atoms with Crippen LogP contribution in [0.4, 0.5) is 0 Å². The second-order valence-corrected chi connectivity index (χ2v) is 6.85. The number of carbonyl (C=O) groups excluding carboxylic acids is 2. The van der Waals surface area contributed by atoms with Crippen LogP contribution in [0.15, 0.2) is 18.3 Å². The van der Waals surface area contributed by atoms with Crippen molar-refractivity contribution in [2.75, 3.05) is 7.05 Å². The van der Waals surface area contributed by atoms with Crippen molar-refractivity contribution < 1.29 is 9.59 Å². The zero-order chi connectivity index (χ0) is 14.5. The second-order valence-electron chi connectivity index (χ2n) is 6.85. The van der Waals surface area contributed by atoms with Gasteiger partial charge in [0.1, 0.15) is 11.2 Å². The third kappa shape index (κ3) is 1.54. The van der Waals surface area contributed by atoms with E-state index in [4.69, 9.17) is 0 Å². The van der Waals surface area contributed by atoms with Gasteiger partial charge >= 0.3 is 0 Å². The summed E-state index contributed by atoms with van der Waals surface area (Å²) in [6, 6.07) is 3.88. The van der Waals surface area contributed by atoms with E-state index in [2.05, 4.69) is 18.8 Å². The number of carbonyl (C=O) groups is 2. The summed E-state index contributed by atoms with van der Waals surface area (Å²) < 4.78 is 0. The van der Waals surface area contributed by atoms with Gasteiger partial charge in [-0.15, -0.1) is 0 Å². The third-order valence-electron chi connectivity index (χ3n) is 5.68. The first kappa shape index (κ1) is 13.4. The van der Waals surface area contributed by atoms with Crippen molar-refractivity contribution in [2.24, 2.45) is 16.7 Å². The van der Waals surface area contributed by atoms with Crippen LogP contribution in [-0.4, -0.2) is 28.6 Å². The number of aromatic amines is 1. The maximum atomic E-state index is 13.0. The smallest absolute Gasteiger partial charge is 0.236 e. The van der Waals surface area contributed by atoms with Crippen LogP contribution in [0.3, 0.4) is 0 Å². The molecule has 1 aromatic heterocycles. The van der Waals surface area contributed by atoms with Crippen molar-refractivity contribution in [1.29, 1.82) is 0 Å². The predicted octanol–water partition coefficient (Wildman–Crippen LogP) is 2.37. The summed E-state index contributed by atoms with van der Waals surface area (Å²) in [7, 11) is 1.80. The Bertz CT molecular complexity index is 547. The number of hydrogen-bond donors (Lipinski definition) is 1. The summed E-state index contributed by atoms with van der Waals surface area (Å²) in [5.41, 5.74) is 0.0134. The minimum atomic E-state index is -0.779. The second kappa shape index (κ2) is 4.21. The van der Waals surface area contributed by atoms with Gasteiger partial charge in [-0.2, -0.15) is 0 Å². The number of aromatic nitrogens is 1. The normalized spacial score (nSPS) is 30.8. The lowest BCUT2D eigenvalue weighted by molar-refractivity contribution is -0.152. The molecule has 2 bridgehead atoms. The van der Waals surface area contributed by atoms with Gasteiger partial charge in [0.25, 0.3) is 0 Å². The molecule has 4 nitrogen and oxygen atoms in total. The van der Waals surface area contributed by atoms with Crippen molar-refractivity contribution in [2.45, 2.75) is 39.7 Å². The number of nitrogens with one attached hydrogen (secondary N) is 1. The van der Waals surface area contributed by atoms with Gasteiger partial charge in [-0.25, -0.2) is 0 Å². The number of nitrogens with zero attached hydrogens (tertiary/aromatic N) is 1. The quantitative estimate of drug-likeness (QED) is 0.860. The molecule has 1 aromatic rings. The number of fused-ring (bicyclic) bond motifs is 2. The molecule has 3 rings (SSSR count). The van der Waals surface area contributed by atoms with Crippen LogP contribution < -0.4 is 0 Å². The molecule has 2 fully saturated rings. The van der Waals surface area contributed by atoms with Gasteiger partial charge < -0.3 is 9.88 Å². The molecule has 2 aliphatic rings. The fraction of sp³-hybridized carbons (Fsp3) is 0.625. The SMILES string of the molecule is CN(Cc1ccc[nH]1)C(=O)[C@]12CC[C@H](CC1=O)C2(C)C.